The van der Waals surface area contributed by atoms with E-state index in [4.69, 9.17) is 15.2 Å². The molecule has 5 aliphatic rings. The summed E-state index contributed by atoms with van der Waals surface area (Å²) in [6, 6.07) is 7.61. The van der Waals surface area contributed by atoms with Crippen LogP contribution in [0.3, 0.4) is 0 Å². The first-order valence-corrected chi connectivity index (χ1v) is 31.9. The molecule has 0 bridgehead atoms. The molecule has 3 aromatic carbocycles. The third-order valence-corrected chi connectivity index (χ3v) is 19.6. The Kier molecular flexibility index (Phi) is 24.0. The van der Waals surface area contributed by atoms with Gasteiger partial charge in [-0.3, -0.25) is 33.6 Å². The van der Waals surface area contributed by atoms with Crippen LogP contribution < -0.4 is 42.0 Å². The molecule has 14 N–H and O–H groups in total. The predicted molar refractivity (Wildman–Crippen MR) is 339 cm³/mol. The summed E-state index contributed by atoms with van der Waals surface area (Å²) >= 11 is 1.35. The number of carbonyl (C=O) groups is 7. The van der Waals surface area contributed by atoms with Crippen LogP contribution in [0.1, 0.15) is 94.0 Å². The minimum absolute atomic E-state index is 0. The zero-order valence-corrected chi connectivity index (χ0v) is 53.5. The third-order valence-electron chi connectivity index (χ3n) is 18.6. The molecule has 4 aliphatic heterocycles. The molecule has 4 saturated heterocycles. The highest BCUT2D eigenvalue weighted by Crippen LogP contribution is 2.43. The van der Waals surface area contributed by atoms with Crippen LogP contribution in [-0.2, 0) is 39.9 Å². The number of aliphatic hydroxyl groups is 6. The van der Waals surface area contributed by atoms with Crippen LogP contribution in [0.5, 0.6) is 11.5 Å². The molecule has 7 amide bonds. The van der Waals surface area contributed by atoms with Gasteiger partial charge in [0.1, 0.15) is 46.3 Å². The number of fused-ring (bicyclic) bond motifs is 2. The van der Waals surface area contributed by atoms with Crippen molar-refractivity contribution in [1.29, 1.82) is 0 Å². The van der Waals surface area contributed by atoms with Gasteiger partial charge in [0, 0.05) is 87.4 Å². The first-order valence-electron chi connectivity index (χ1n) is 31.1. The maximum atomic E-state index is 14.7. The lowest BCUT2D eigenvalue weighted by Gasteiger charge is -2.47. The standard InChI is InChI=1S/C63H85N11O16S.ClH/c1-33-31-74-52(53(33)81)58(86)65-30-41(76)28-43(66-54(82)36-11-13-37(14-12-36)59-70-71-60(91-59)38-15-17-40(18-16-38)72-24-21-63(90-4,22-25-72)39-8-6-5-7-9-39)55(83)67-49(34(2)75)61(87)73-32-42(77)29-44(73)56(84)68-50(57(85)69-51(62(74)88)46(79)20-23-64)47(80)26-35-10-19-45(78)48(27-35)89-3;/h10-19,27,33-34,39,41-44,46-47,49-53,75-81H,5-9,20-26,28-32,64H2,1-4H3,(H,65,86)(H,66,82)(H,67,83)(H,68,84)(H,69,85);1H/t33-,34+,41+,42+,43-,44-,46+,47+,49-,50-,51-,52-,53-;/m0./s1. The number of rotatable bonds is 15. The number of halogens is 1. The summed E-state index contributed by atoms with van der Waals surface area (Å²) in [5.41, 5.74) is 8.67. The fraction of sp³-hybridized carbons (Fsp3) is 0.571. The van der Waals surface area contributed by atoms with Crippen LogP contribution >= 0.6 is 23.7 Å². The normalized spacial score (nSPS) is 27.4. The number of phenolic OH excluding ortho intramolecular Hbond substituents is 1. The molecule has 0 unspecified atom stereocenters. The van der Waals surface area contributed by atoms with E-state index in [1.165, 1.54) is 80.9 Å². The number of methoxy groups -OCH3 is 2. The summed E-state index contributed by atoms with van der Waals surface area (Å²) in [6.45, 7) is 2.85. The summed E-state index contributed by atoms with van der Waals surface area (Å²) in [4.78, 5) is 106. The van der Waals surface area contributed by atoms with Gasteiger partial charge in [0.05, 0.1) is 49.3 Å². The molecular formula is C63H86ClN11O16S. The Morgan fingerprint density at radius 1 is 0.761 bits per heavy atom. The SMILES string of the molecule is COc1cc(C[C@@H](O)[C@@H]2NC(=O)[C@@H]3C[C@@H](O)CN3C(=O)[C@H]([C@@H](C)O)NC(=O)[C@@H](NC(=O)c3ccc(-c4nnc(-c5ccc(N6CCC(OC)(C7CCCCC7)CC6)cc5)s4)cc3)C[C@@H](O)CNC(=O)[C@@H]3[C@@H](O)[C@@H](C)CN3C(=O)[C@H]([C@H](O)CCN)NC2=O)ccc1O.Cl. The van der Waals surface area contributed by atoms with Gasteiger partial charge < -0.3 is 92.2 Å². The van der Waals surface area contributed by atoms with Crippen molar-refractivity contribution in [2.45, 2.75) is 163 Å². The number of benzene rings is 3. The van der Waals surface area contributed by atoms with E-state index in [-0.39, 0.29) is 60.1 Å². The van der Waals surface area contributed by atoms with Gasteiger partial charge in [-0.15, -0.1) is 22.6 Å². The smallest absolute Gasteiger partial charge is 0.251 e. The molecule has 5 heterocycles. The largest absolute Gasteiger partial charge is 0.504 e. The highest BCUT2D eigenvalue weighted by atomic mass is 35.5. The summed E-state index contributed by atoms with van der Waals surface area (Å²) in [6.07, 6.45) is -3.50. The molecule has 92 heavy (non-hydrogen) atoms. The van der Waals surface area contributed by atoms with Crippen molar-refractivity contribution in [3.8, 4) is 32.6 Å². The number of ether oxygens (including phenoxy) is 2. The number of phenols is 1. The highest BCUT2D eigenvalue weighted by Gasteiger charge is 2.50. The summed E-state index contributed by atoms with van der Waals surface area (Å²) < 4.78 is 11.4. The van der Waals surface area contributed by atoms with E-state index in [2.05, 4.69) is 53.8 Å². The van der Waals surface area contributed by atoms with Crippen molar-refractivity contribution in [3.05, 3.63) is 77.9 Å². The fourth-order valence-corrected chi connectivity index (χ4v) is 14.1. The van der Waals surface area contributed by atoms with E-state index < -0.39 is 152 Å². The molecule has 1 aromatic heterocycles. The van der Waals surface area contributed by atoms with Crippen LogP contribution in [0.4, 0.5) is 5.69 Å². The van der Waals surface area contributed by atoms with E-state index in [0.717, 1.165) is 53.9 Å². The number of aliphatic hydroxyl groups excluding tert-OH is 6. The number of aromatic hydroxyl groups is 1. The second kappa shape index (κ2) is 31.2. The molecule has 29 heteroatoms. The van der Waals surface area contributed by atoms with Crippen molar-refractivity contribution < 1.29 is 78.8 Å². The summed E-state index contributed by atoms with van der Waals surface area (Å²) in [7, 11) is 3.14. The zero-order chi connectivity index (χ0) is 65.4. The first kappa shape index (κ1) is 70.7. The lowest BCUT2D eigenvalue weighted by Crippen LogP contribution is -2.64. The molecule has 27 nitrogen and oxygen atoms in total. The first-order chi connectivity index (χ1) is 43.5. The lowest BCUT2D eigenvalue weighted by molar-refractivity contribution is -0.147. The molecule has 1 aliphatic carbocycles. The third kappa shape index (κ3) is 16.1. The molecule has 9 rings (SSSR count). The van der Waals surface area contributed by atoms with Crippen LogP contribution in [0.25, 0.3) is 21.1 Å². The van der Waals surface area contributed by atoms with Gasteiger partial charge in [0.2, 0.25) is 35.4 Å². The Balaban J connectivity index is 0.0000109. The van der Waals surface area contributed by atoms with Gasteiger partial charge in [-0.1, -0.05) is 55.7 Å². The average molecular weight is 1320 g/mol. The number of aromatic nitrogens is 2. The summed E-state index contributed by atoms with van der Waals surface area (Å²) in [5.74, 6) is -7.91. The second-order valence-corrected chi connectivity index (χ2v) is 25.7. The minimum Gasteiger partial charge on any atom is -0.504 e. The molecule has 0 spiro atoms. The molecular weight excluding hydrogens is 1230 g/mol. The Morgan fingerprint density at radius 2 is 1.38 bits per heavy atom. The van der Waals surface area contributed by atoms with Crippen molar-refractivity contribution in [3.63, 3.8) is 0 Å². The van der Waals surface area contributed by atoms with Gasteiger partial charge in [-0.05, 0) is 106 Å². The van der Waals surface area contributed by atoms with E-state index in [9.17, 15) is 69.3 Å². The van der Waals surface area contributed by atoms with Gasteiger partial charge in [0.25, 0.3) is 5.91 Å². The van der Waals surface area contributed by atoms with E-state index in [0.29, 0.717) is 21.5 Å². The maximum absolute atomic E-state index is 14.7. The molecule has 502 valence electrons. The van der Waals surface area contributed by atoms with Crippen molar-refractivity contribution in [2.24, 2.45) is 17.6 Å². The van der Waals surface area contributed by atoms with Crippen LogP contribution in [-0.4, -0.2) is 229 Å². The number of carbonyl (C=O) groups excluding carboxylic acids is 7. The number of amides is 7. The number of β-amino-alcohol motifs (C(OH)–C–C–N with tert-alkyl or cyclic N) is 1. The number of nitrogens with one attached hydrogen (secondary N) is 5. The number of nitrogens with zero attached hydrogens (tertiary/aromatic N) is 5. The van der Waals surface area contributed by atoms with Crippen LogP contribution in [0.15, 0.2) is 66.7 Å². The average Bonchev–Trinajstić information content (AvgIpc) is 1.47. The molecule has 4 aromatic rings. The Labute approximate surface area is 543 Å². The van der Waals surface area contributed by atoms with Crippen molar-refractivity contribution in [2.75, 3.05) is 58.4 Å². The van der Waals surface area contributed by atoms with Crippen LogP contribution in [0.2, 0.25) is 0 Å². The number of hydrogen-bond donors (Lipinski definition) is 13. The summed E-state index contributed by atoms with van der Waals surface area (Å²) in [5, 5.41) is 101. The van der Waals surface area contributed by atoms with Gasteiger partial charge in [0.15, 0.2) is 11.5 Å². The monoisotopic (exact) mass is 1320 g/mol. The lowest BCUT2D eigenvalue weighted by atomic mass is 9.72. The van der Waals surface area contributed by atoms with Gasteiger partial charge >= 0.3 is 0 Å². The highest BCUT2D eigenvalue weighted by molar-refractivity contribution is 7.17. The van der Waals surface area contributed by atoms with Crippen molar-refractivity contribution >= 4 is 70.8 Å². The maximum Gasteiger partial charge on any atom is 0.251 e. The Bertz CT molecular complexity index is 3220. The number of anilines is 1. The van der Waals surface area contributed by atoms with Crippen molar-refractivity contribution in [1.82, 2.24) is 46.6 Å². The van der Waals surface area contributed by atoms with E-state index in [1.54, 1.807) is 19.1 Å². The Morgan fingerprint density at radius 3 is 2.00 bits per heavy atom. The zero-order valence-electron chi connectivity index (χ0n) is 51.9. The molecule has 5 fully saturated rings. The van der Waals surface area contributed by atoms with Gasteiger partial charge in [-0.25, -0.2) is 0 Å². The second-order valence-electron chi connectivity index (χ2n) is 24.7. The number of nitrogens with two attached hydrogens (primary N) is 1. The number of piperidine rings is 1. The molecule has 13 atom stereocenters. The predicted octanol–water partition coefficient (Wildman–Crippen LogP) is -0.129. The van der Waals surface area contributed by atoms with Crippen LogP contribution in [0, 0.1) is 11.8 Å². The molecule has 0 radical (unpaired) electrons. The quantitative estimate of drug-likeness (QED) is 0.0737. The Hall–Kier alpha value is -7.12. The van der Waals surface area contributed by atoms with Gasteiger partial charge in [-0.2, -0.15) is 0 Å². The topological polar surface area (TPSA) is 401 Å². The number of hydrogen-bond acceptors (Lipinski definition) is 21. The minimum atomic E-state index is -2.02. The molecule has 1 saturated carbocycles. The fourth-order valence-electron chi connectivity index (χ4n) is 13.3. The van der Waals surface area contributed by atoms with E-state index >= 15 is 0 Å². The van der Waals surface area contributed by atoms with E-state index in [1.807, 2.05) is 19.2 Å².